The number of methoxy groups -OCH3 is 1. The molecule has 0 saturated heterocycles. The van der Waals surface area contributed by atoms with Gasteiger partial charge in [0.2, 0.25) is 15.9 Å². The zero-order valence-electron chi connectivity index (χ0n) is 15.4. The minimum Gasteiger partial charge on any atom is -0.497 e. The molecular formula is C19H24N2O5S. The van der Waals surface area contributed by atoms with E-state index in [1.807, 2.05) is 6.07 Å². The van der Waals surface area contributed by atoms with Gasteiger partial charge in [-0.3, -0.25) is 9.10 Å². The van der Waals surface area contributed by atoms with Crippen molar-refractivity contribution < 1.29 is 22.7 Å². The summed E-state index contributed by atoms with van der Waals surface area (Å²) in [7, 11) is -0.495. The van der Waals surface area contributed by atoms with Crippen LogP contribution >= 0.6 is 0 Å². The number of anilines is 1. The van der Waals surface area contributed by atoms with Crippen molar-refractivity contribution in [3.05, 3.63) is 54.6 Å². The summed E-state index contributed by atoms with van der Waals surface area (Å²) in [5.41, 5.74) is 0.561. The number of benzene rings is 2. The van der Waals surface area contributed by atoms with Gasteiger partial charge in [-0.15, -0.1) is 0 Å². The van der Waals surface area contributed by atoms with E-state index in [0.29, 0.717) is 18.0 Å². The van der Waals surface area contributed by atoms with Gasteiger partial charge in [-0.05, 0) is 36.4 Å². The van der Waals surface area contributed by atoms with Crippen LogP contribution in [0.2, 0.25) is 0 Å². The van der Waals surface area contributed by atoms with Crippen molar-refractivity contribution >= 4 is 21.6 Å². The fourth-order valence-electron chi connectivity index (χ4n) is 2.28. The first kappa shape index (κ1) is 20.6. The molecule has 2 aromatic rings. The number of sulfonamides is 1. The zero-order valence-corrected chi connectivity index (χ0v) is 16.2. The van der Waals surface area contributed by atoms with E-state index < -0.39 is 10.0 Å². The number of amides is 1. The van der Waals surface area contributed by atoms with E-state index in [1.165, 1.54) is 11.4 Å². The molecule has 2 rings (SSSR count). The molecule has 7 nitrogen and oxygen atoms in total. The molecule has 0 radical (unpaired) electrons. The highest BCUT2D eigenvalue weighted by atomic mass is 32.2. The first-order chi connectivity index (χ1) is 12.9. The molecule has 0 saturated carbocycles. The van der Waals surface area contributed by atoms with Crippen LogP contribution in [0.25, 0.3) is 0 Å². The summed E-state index contributed by atoms with van der Waals surface area (Å²) in [4.78, 5) is 11.9. The third kappa shape index (κ3) is 6.49. The molecule has 0 aromatic heterocycles. The van der Waals surface area contributed by atoms with Gasteiger partial charge in [0.25, 0.3) is 0 Å². The first-order valence-corrected chi connectivity index (χ1v) is 10.1. The topological polar surface area (TPSA) is 84.9 Å². The van der Waals surface area contributed by atoms with Crippen LogP contribution in [0.15, 0.2) is 54.6 Å². The molecule has 2 aromatic carbocycles. The van der Waals surface area contributed by atoms with Gasteiger partial charge < -0.3 is 14.8 Å². The van der Waals surface area contributed by atoms with Gasteiger partial charge in [-0.2, -0.15) is 0 Å². The van der Waals surface area contributed by atoms with E-state index in [2.05, 4.69) is 5.32 Å². The lowest BCUT2D eigenvalue weighted by Crippen LogP contribution is -2.33. The number of hydrogen-bond donors (Lipinski definition) is 1. The predicted octanol–water partition coefficient (Wildman–Crippen LogP) is 2.05. The number of carbonyl (C=O) groups excluding carboxylic acids is 1. The minimum atomic E-state index is -3.56. The smallest absolute Gasteiger partial charge is 0.235 e. The molecule has 1 N–H and O–H groups in total. The van der Waals surface area contributed by atoms with Crippen LogP contribution in [0.5, 0.6) is 11.5 Å². The Morgan fingerprint density at radius 3 is 2.30 bits per heavy atom. The number of hydrogen-bond acceptors (Lipinski definition) is 5. The van der Waals surface area contributed by atoms with Crippen molar-refractivity contribution in [1.82, 2.24) is 5.32 Å². The summed E-state index contributed by atoms with van der Waals surface area (Å²) >= 11 is 0. The van der Waals surface area contributed by atoms with E-state index in [9.17, 15) is 13.2 Å². The molecule has 0 spiro atoms. The van der Waals surface area contributed by atoms with Crippen LogP contribution in [0.3, 0.4) is 0 Å². The normalized spacial score (nSPS) is 10.9. The SMILES string of the molecule is COc1ccc(OCCNC(=O)CCS(=O)(=O)N(C)c2ccccc2)cc1. The largest absolute Gasteiger partial charge is 0.497 e. The average molecular weight is 392 g/mol. The second-order valence-corrected chi connectivity index (χ2v) is 7.86. The Morgan fingerprint density at radius 2 is 1.67 bits per heavy atom. The average Bonchev–Trinajstić information content (AvgIpc) is 2.70. The van der Waals surface area contributed by atoms with Crippen molar-refractivity contribution in [2.75, 3.05) is 37.4 Å². The van der Waals surface area contributed by atoms with Gasteiger partial charge in [0.1, 0.15) is 18.1 Å². The molecule has 0 unspecified atom stereocenters. The fraction of sp³-hybridized carbons (Fsp3) is 0.316. The van der Waals surface area contributed by atoms with Crippen LogP contribution in [-0.4, -0.2) is 47.4 Å². The van der Waals surface area contributed by atoms with Crippen molar-refractivity contribution in [2.45, 2.75) is 6.42 Å². The third-order valence-electron chi connectivity index (χ3n) is 3.88. The molecule has 27 heavy (non-hydrogen) atoms. The Kier molecular flexibility index (Phi) is 7.48. The highest BCUT2D eigenvalue weighted by molar-refractivity contribution is 7.92. The van der Waals surface area contributed by atoms with Crippen molar-refractivity contribution in [3.8, 4) is 11.5 Å². The van der Waals surface area contributed by atoms with Crippen LogP contribution in [0, 0.1) is 0 Å². The highest BCUT2D eigenvalue weighted by Gasteiger charge is 2.19. The van der Waals surface area contributed by atoms with E-state index in [-0.39, 0.29) is 24.7 Å². The Bertz CT molecular complexity index is 823. The zero-order chi connectivity index (χ0) is 19.7. The van der Waals surface area contributed by atoms with Crippen LogP contribution in [0.4, 0.5) is 5.69 Å². The quantitative estimate of drug-likeness (QED) is 0.626. The summed E-state index contributed by atoms with van der Waals surface area (Å²) in [6.07, 6.45) is -0.109. The Balaban J connectivity index is 1.70. The third-order valence-corrected chi connectivity index (χ3v) is 5.64. The van der Waals surface area contributed by atoms with Gasteiger partial charge in [-0.1, -0.05) is 18.2 Å². The molecule has 0 aliphatic heterocycles. The second-order valence-electron chi connectivity index (χ2n) is 5.74. The van der Waals surface area contributed by atoms with Gasteiger partial charge in [0.15, 0.2) is 0 Å². The maximum absolute atomic E-state index is 12.3. The summed E-state index contributed by atoms with van der Waals surface area (Å²) in [5.74, 6) is 0.802. The standard InChI is InChI=1S/C19H24N2O5S/c1-21(16-6-4-3-5-7-16)27(23,24)15-12-19(22)20-13-14-26-18-10-8-17(25-2)9-11-18/h3-11H,12-15H2,1-2H3,(H,20,22). The fourth-order valence-corrected chi connectivity index (χ4v) is 3.44. The molecule has 0 fully saturated rings. The number of carbonyl (C=O) groups is 1. The van der Waals surface area contributed by atoms with Gasteiger partial charge in [-0.25, -0.2) is 8.42 Å². The lowest BCUT2D eigenvalue weighted by Gasteiger charge is -2.19. The first-order valence-electron chi connectivity index (χ1n) is 8.47. The number of para-hydroxylation sites is 1. The number of ether oxygens (including phenoxy) is 2. The minimum absolute atomic E-state index is 0.109. The van der Waals surface area contributed by atoms with E-state index in [4.69, 9.17) is 9.47 Å². The second kappa shape index (κ2) is 9.82. The summed E-state index contributed by atoms with van der Waals surface area (Å²) < 4.78 is 36.4. The van der Waals surface area contributed by atoms with E-state index in [0.717, 1.165) is 5.75 Å². The number of nitrogens with zero attached hydrogens (tertiary/aromatic N) is 1. The van der Waals surface area contributed by atoms with Crippen LogP contribution in [-0.2, 0) is 14.8 Å². The predicted molar refractivity (Wildman–Crippen MR) is 105 cm³/mol. The molecule has 146 valence electrons. The Hall–Kier alpha value is -2.74. The van der Waals surface area contributed by atoms with Crippen molar-refractivity contribution in [2.24, 2.45) is 0 Å². The molecule has 0 atom stereocenters. The molecule has 0 bridgehead atoms. The molecular weight excluding hydrogens is 368 g/mol. The van der Waals surface area contributed by atoms with E-state index in [1.54, 1.807) is 55.6 Å². The molecule has 0 aliphatic carbocycles. The summed E-state index contributed by atoms with van der Waals surface area (Å²) in [6.45, 7) is 0.578. The van der Waals surface area contributed by atoms with Crippen LogP contribution < -0.4 is 19.1 Å². The van der Waals surface area contributed by atoms with E-state index >= 15 is 0 Å². The number of nitrogens with one attached hydrogen (secondary N) is 1. The maximum atomic E-state index is 12.3. The summed E-state index contributed by atoms with van der Waals surface area (Å²) in [6, 6.07) is 15.8. The van der Waals surface area contributed by atoms with Gasteiger partial charge >= 0.3 is 0 Å². The van der Waals surface area contributed by atoms with Gasteiger partial charge in [0, 0.05) is 13.5 Å². The maximum Gasteiger partial charge on any atom is 0.235 e. The Morgan fingerprint density at radius 1 is 1.04 bits per heavy atom. The van der Waals surface area contributed by atoms with Crippen LogP contribution in [0.1, 0.15) is 6.42 Å². The molecule has 0 heterocycles. The Labute approximate surface area is 160 Å². The highest BCUT2D eigenvalue weighted by Crippen LogP contribution is 2.17. The summed E-state index contributed by atoms with van der Waals surface area (Å²) in [5, 5.41) is 2.66. The van der Waals surface area contributed by atoms with Crippen molar-refractivity contribution in [1.29, 1.82) is 0 Å². The van der Waals surface area contributed by atoms with Gasteiger partial charge in [0.05, 0.1) is 25.1 Å². The lowest BCUT2D eigenvalue weighted by atomic mass is 10.3. The molecule has 0 aliphatic rings. The monoisotopic (exact) mass is 392 g/mol. The van der Waals surface area contributed by atoms with Crippen molar-refractivity contribution in [3.63, 3.8) is 0 Å². The lowest BCUT2D eigenvalue weighted by molar-refractivity contribution is -0.120. The molecule has 8 heteroatoms. The number of rotatable bonds is 10. The molecule has 1 amide bonds.